The normalized spacial score (nSPS) is 41.2. The zero-order valence-electron chi connectivity index (χ0n) is 10.3. The lowest BCUT2D eigenvalue weighted by atomic mass is 9.84. The molecule has 92 valence electrons. The first-order valence-electron chi connectivity index (χ1n) is 6.58. The average Bonchev–Trinajstić information content (AvgIpc) is 3.10. The second kappa shape index (κ2) is 4.11. The van der Waals surface area contributed by atoms with Gasteiger partial charge in [0.2, 0.25) is 0 Å². The fraction of sp³-hybridized carbons (Fsp3) is 0.600. The minimum atomic E-state index is -0.488. The summed E-state index contributed by atoms with van der Waals surface area (Å²) in [6.07, 6.45) is 2.92. The highest BCUT2D eigenvalue weighted by Crippen LogP contribution is 2.56. The summed E-state index contributed by atoms with van der Waals surface area (Å²) >= 11 is 0. The fourth-order valence-electron chi connectivity index (χ4n) is 3.29. The van der Waals surface area contributed by atoms with Gasteiger partial charge < -0.3 is 9.84 Å². The highest BCUT2D eigenvalue weighted by Gasteiger charge is 2.53. The van der Waals surface area contributed by atoms with Crippen LogP contribution in [0.15, 0.2) is 30.3 Å². The summed E-state index contributed by atoms with van der Waals surface area (Å²) in [5.74, 6) is 1.00. The van der Waals surface area contributed by atoms with E-state index >= 15 is 0 Å². The minimum absolute atomic E-state index is 0.200. The first-order chi connectivity index (χ1) is 8.19. The van der Waals surface area contributed by atoms with Crippen molar-refractivity contribution in [1.82, 2.24) is 0 Å². The standard InChI is InChI=1S/C15H20O2/c1-11-10-15(16,7-8-17-11)14-9-13(14)12-5-3-2-4-6-12/h2-6,11,13-14,16H,7-10H2,1H3. The molecule has 1 saturated carbocycles. The van der Waals surface area contributed by atoms with E-state index in [9.17, 15) is 5.11 Å². The minimum Gasteiger partial charge on any atom is -0.389 e. The zero-order valence-corrected chi connectivity index (χ0v) is 10.3. The molecule has 1 saturated heterocycles. The Morgan fingerprint density at radius 1 is 1.29 bits per heavy atom. The number of aliphatic hydroxyl groups is 1. The summed E-state index contributed by atoms with van der Waals surface area (Å²) in [6, 6.07) is 10.6. The van der Waals surface area contributed by atoms with E-state index in [1.165, 1.54) is 5.56 Å². The molecular formula is C15H20O2. The molecule has 0 spiro atoms. The monoisotopic (exact) mass is 232 g/mol. The van der Waals surface area contributed by atoms with Crippen LogP contribution in [-0.2, 0) is 4.74 Å². The van der Waals surface area contributed by atoms with Gasteiger partial charge in [0.05, 0.1) is 11.7 Å². The SMILES string of the molecule is CC1CC(O)(C2CC2c2ccccc2)CCO1. The first-order valence-corrected chi connectivity index (χ1v) is 6.58. The van der Waals surface area contributed by atoms with Crippen LogP contribution < -0.4 is 0 Å². The highest BCUT2D eigenvalue weighted by atomic mass is 16.5. The van der Waals surface area contributed by atoms with E-state index in [2.05, 4.69) is 31.2 Å². The van der Waals surface area contributed by atoms with Crippen LogP contribution in [0.1, 0.15) is 37.7 Å². The van der Waals surface area contributed by atoms with Gasteiger partial charge in [-0.15, -0.1) is 0 Å². The zero-order chi connectivity index (χ0) is 11.9. The van der Waals surface area contributed by atoms with Crippen molar-refractivity contribution in [3.8, 4) is 0 Å². The van der Waals surface area contributed by atoms with Gasteiger partial charge in [-0.05, 0) is 37.2 Å². The summed E-state index contributed by atoms with van der Waals surface area (Å²) in [5, 5.41) is 10.7. The lowest BCUT2D eigenvalue weighted by molar-refractivity contribution is -0.109. The van der Waals surface area contributed by atoms with Crippen LogP contribution in [0, 0.1) is 5.92 Å². The molecule has 1 N–H and O–H groups in total. The molecule has 0 radical (unpaired) electrons. The van der Waals surface area contributed by atoms with Gasteiger partial charge in [0.15, 0.2) is 0 Å². The van der Waals surface area contributed by atoms with E-state index in [0.717, 1.165) is 19.3 Å². The Morgan fingerprint density at radius 2 is 2.06 bits per heavy atom. The van der Waals surface area contributed by atoms with Crippen molar-refractivity contribution in [2.24, 2.45) is 5.92 Å². The summed E-state index contributed by atoms with van der Waals surface area (Å²) in [4.78, 5) is 0. The third-order valence-corrected chi connectivity index (χ3v) is 4.29. The molecule has 3 rings (SSSR count). The Labute approximate surface area is 103 Å². The van der Waals surface area contributed by atoms with Crippen molar-refractivity contribution in [3.05, 3.63) is 35.9 Å². The third-order valence-electron chi connectivity index (χ3n) is 4.29. The second-order valence-corrected chi connectivity index (χ2v) is 5.60. The number of hydrogen-bond acceptors (Lipinski definition) is 2. The van der Waals surface area contributed by atoms with Crippen LogP contribution in [-0.4, -0.2) is 23.4 Å². The van der Waals surface area contributed by atoms with Crippen molar-refractivity contribution in [3.63, 3.8) is 0 Å². The van der Waals surface area contributed by atoms with Crippen LogP contribution in [0.25, 0.3) is 0 Å². The van der Waals surface area contributed by atoms with Gasteiger partial charge in [0, 0.05) is 13.0 Å². The molecular weight excluding hydrogens is 212 g/mol. The molecule has 1 aromatic carbocycles. The Balaban J connectivity index is 1.72. The summed E-state index contributed by atoms with van der Waals surface area (Å²) in [7, 11) is 0. The number of hydrogen-bond donors (Lipinski definition) is 1. The fourth-order valence-corrected chi connectivity index (χ4v) is 3.29. The van der Waals surface area contributed by atoms with Crippen molar-refractivity contribution in [1.29, 1.82) is 0 Å². The van der Waals surface area contributed by atoms with Gasteiger partial charge in [0.1, 0.15) is 0 Å². The molecule has 2 fully saturated rings. The molecule has 1 aromatic rings. The van der Waals surface area contributed by atoms with Crippen LogP contribution in [0.3, 0.4) is 0 Å². The molecule has 0 amide bonds. The molecule has 1 aliphatic carbocycles. The van der Waals surface area contributed by atoms with Crippen molar-refractivity contribution in [2.45, 2.75) is 43.8 Å². The number of rotatable bonds is 2. The lowest BCUT2D eigenvalue weighted by Crippen LogP contribution is -2.42. The molecule has 2 aliphatic rings. The second-order valence-electron chi connectivity index (χ2n) is 5.60. The van der Waals surface area contributed by atoms with Crippen molar-refractivity contribution < 1.29 is 9.84 Å². The Morgan fingerprint density at radius 3 is 2.76 bits per heavy atom. The molecule has 1 heterocycles. The molecule has 2 heteroatoms. The van der Waals surface area contributed by atoms with Crippen molar-refractivity contribution >= 4 is 0 Å². The molecule has 1 aliphatic heterocycles. The topological polar surface area (TPSA) is 29.5 Å². The first kappa shape index (κ1) is 11.2. The van der Waals surface area contributed by atoms with E-state index in [-0.39, 0.29) is 6.10 Å². The summed E-state index contributed by atoms with van der Waals surface area (Å²) in [5.41, 5.74) is 0.892. The Kier molecular flexibility index (Phi) is 2.72. The third kappa shape index (κ3) is 2.12. The Hall–Kier alpha value is -0.860. The van der Waals surface area contributed by atoms with E-state index in [0.29, 0.717) is 18.4 Å². The van der Waals surface area contributed by atoms with E-state index < -0.39 is 5.60 Å². The quantitative estimate of drug-likeness (QED) is 0.849. The maximum Gasteiger partial charge on any atom is 0.0728 e. The largest absolute Gasteiger partial charge is 0.389 e. The molecule has 4 unspecified atom stereocenters. The Bertz CT molecular complexity index is 389. The predicted molar refractivity (Wildman–Crippen MR) is 66.9 cm³/mol. The van der Waals surface area contributed by atoms with Gasteiger partial charge in [-0.25, -0.2) is 0 Å². The summed E-state index contributed by atoms with van der Waals surface area (Å²) in [6.45, 7) is 2.76. The molecule has 0 bridgehead atoms. The van der Waals surface area contributed by atoms with Crippen molar-refractivity contribution in [2.75, 3.05) is 6.61 Å². The number of ether oxygens (including phenoxy) is 1. The number of benzene rings is 1. The van der Waals surface area contributed by atoms with Crippen LogP contribution in [0.4, 0.5) is 0 Å². The smallest absolute Gasteiger partial charge is 0.0728 e. The molecule has 17 heavy (non-hydrogen) atoms. The molecule has 4 atom stereocenters. The maximum absolute atomic E-state index is 10.7. The maximum atomic E-state index is 10.7. The van der Waals surface area contributed by atoms with E-state index in [1.807, 2.05) is 6.07 Å². The predicted octanol–water partition coefficient (Wildman–Crippen LogP) is 2.72. The average molecular weight is 232 g/mol. The van der Waals surface area contributed by atoms with Gasteiger partial charge in [-0.2, -0.15) is 0 Å². The van der Waals surface area contributed by atoms with Gasteiger partial charge in [0.25, 0.3) is 0 Å². The highest BCUT2D eigenvalue weighted by molar-refractivity contribution is 5.28. The van der Waals surface area contributed by atoms with Gasteiger partial charge in [-0.3, -0.25) is 0 Å². The van der Waals surface area contributed by atoms with Crippen LogP contribution >= 0.6 is 0 Å². The van der Waals surface area contributed by atoms with E-state index in [1.54, 1.807) is 0 Å². The lowest BCUT2D eigenvalue weighted by Gasteiger charge is -2.36. The summed E-state index contributed by atoms with van der Waals surface area (Å²) < 4.78 is 5.53. The van der Waals surface area contributed by atoms with E-state index in [4.69, 9.17) is 4.74 Å². The van der Waals surface area contributed by atoms with Crippen LogP contribution in [0.5, 0.6) is 0 Å². The van der Waals surface area contributed by atoms with Gasteiger partial charge in [-0.1, -0.05) is 30.3 Å². The molecule has 2 nitrogen and oxygen atoms in total. The molecule has 0 aromatic heterocycles. The van der Waals surface area contributed by atoms with Gasteiger partial charge >= 0.3 is 0 Å². The van der Waals surface area contributed by atoms with Crippen LogP contribution in [0.2, 0.25) is 0 Å².